The van der Waals surface area contributed by atoms with Crippen LogP contribution in [0, 0.1) is 17.7 Å². The Morgan fingerprint density at radius 1 is 0.929 bits per heavy atom. The highest BCUT2D eigenvalue weighted by molar-refractivity contribution is 6.24. The number of carbonyl (C=O) groups is 3. The van der Waals surface area contributed by atoms with Crippen LogP contribution in [0.15, 0.2) is 54.6 Å². The van der Waals surface area contributed by atoms with Gasteiger partial charge in [0.2, 0.25) is 11.8 Å². The van der Waals surface area contributed by atoms with Crippen molar-refractivity contribution in [2.45, 2.75) is 24.9 Å². The van der Waals surface area contributed by atoms with E-state index in [1.807, 2.05) is 11.0 Å². The summed E-state index contributed by atoms with van der Waals surface area (Å²) >= 11 is 0. The fourth-order valence-corrected chi connectivity index (χ4v) is 5.13. The quantitative estimate of drug-likeness (QED) is 0.609. The molecule has 2 amide bonds. The summed E-state index contributed by atoms with van der Waals surface area (Å²) in [7, 11) is 0. The van der Waals surface area contributed by atoms with Gasteiger partial charge in [-0.25, -0.2) is 9.29 Å². The summed E-state index contributed by atoms with van der Waals surface area (Å²) in [5.41, 5.74) is 0.917. The van der Waals surface area contributed by atoms with E-state index in [-0.39, 0.29) is 23.6 Å². The lowest BCUT2D eigenvalue weighted by atomic mass is 9.85. The Hall–Kier alpha value is -2.86. The van der Waals surface area contributed by atoms with Crippen molar-refractivity contribution in [3.63, 3.8) is 0 Å². The predicted molar refractivity (Wildman–Crippen MR) is 100 cm³/mol. The van der Waals surface area contributed by atoms with Gasteiger partial charge in [-0.3, -0.25) is 19.3 Å². The molecule has 3 aliphatic heterocycles. The zero-order chi connectivity index (χ0) is 19.4. The number of fused-ring (bicyclic) bond motifs is 3. The van der Waals surface area contributed by atoms with Crippen LogP contribution < -0.4 is 4.90 Å². The Labute approximate surface area is 161 Å². The molecule has 2 aromatic carbocycles. The lowest BCUT2D eigenvalue weighted by Crippen LogP contribution is -2.46. The molecular formula is C22H19FN2O3. The van der Waals surface area contributed by atoms with Crippen LogP contribution in [-0.2, 0) is 9.59 Å². The molecule has 5 rings (SSSR count). The Bertz CT molecular complexity index is 960. The minimum Gasteiger partial charge on any atom is -0.292 e. The summed E-state index contributed by atoms with van der Waals surface area (Å²) in [5, 5.41) is 0. The lowest BCUT2D eigenvalue weighted by molar-refractivity contribution is -0.123. The Morgan fingerprint density at radius 2 is 1.61 bits per heavy atom. The van der Waals surface area contributed by atoms with Gasteiger partial charge in [0.15, 0.2) is 5.78 Å². The minimum atomic E-state index is -0.685. The van der Waals surface area contributed by atoms with Crippen LogP contribution >= 0.6 is 0 Å². The normalized spacial score (nSPS) is 29.2. The van der Waals surface area contributed by atoms with Crippen LogP contribution in [0.4, 0.5) is 10.1 Å². The number of anilines is 1. The maximum atomic E-state index is 13.3. The number of imide groups is 1. The van der Waals surface area contributed by atoms with E-state index in [2.05, 4.69) is 0 Å². The molecule has 5 nitrogen and oxygen atoms in total. The molecule has 0 bridgehead atoms. The maximum Gasteiger partial charge on any atom is 0.239 e. The first-order chi connectivity index (χ1) is 13.6. The van der Waals surface area contributed by atoms with Crippen molar-refractivity contribution in [1.82, 2.24) is 4.90 Å². The number of rotatable bonds is 3. The highest BCUT2D eigenvalue weighted by atomic mass is 19.1. The number of amides is 2. The number of Topliss-reactive ketones (excluding diaryl/α,β-unsaturated/α-hetero) is 1. The average molecular weight is 378 g/mol. The maximum absolute atomic E-state index is 13.3. The van der Waals surface area contributed by atoms with Gasteiger partial charge in [-0.1, -0.05) is 18.2 Å². The van der Waals surface area contributed by atoms with Crippen molar-refractivity contribution in [2.24, 2.45) is 11.8 Å². The Balaban J connectivity index is 1.55. The third-order valence-corrected chi connectivity index (χ3v) is 6.26. The van der Waals surface area contributed by atoms with E-state index in [4.69, 9.17) is 0 Å². The largest absolute Gasteiger partial charge is 0.292 e. The SMILES string of the molecule is O=C(c1ccc(F)cc1)[C@@H]1[C@@H]2C(=O)N(c3ccccc3)C(=O)[C@@H]2[C@H]2CCCN21. The molecule has 3 fully saturated rings. The molecule has 0 radical (unpaired) electrons. The molecule has 3 aliphatic rings. The van der Waals surface area contributed by atoms with Gasteiger partial charge < -0.3 is 0 Å². The number of nitrogens with zero attached hydrogens (tertiary/aromatic N) is 2. The standard InChI is InChI=1S/C22H19FN2O3/c23-14-10-8-13(9-11-14)20(26)19-18-17(16-7-4-12-24(16)19)21(27)25(22(18)28)15-5-2-1-3-6-15/h1-3,5-6,8-11,16-19H,4,7,12H2/t16-,17-,18-,19+/m1/s1. The molecule has 0 aliphatic carbocycles. The monoisotopic (exact) mass is 378 g/mol. The van der Waals surface area contributed by atoms with Crippen molar-refractivity contribution < 1.29 is 18.8 Å². The van der Waals surface area contributed by atoms with Crippen molar-refractivity contribution in [2.75, 3.05) is 11.4 Å². The third kappa shape index (κ3) is 2.37. The molecule has 28 heavy (non-hydrogen) atoms. The van der Waals surface area contributed by atoms with E-state index < -0.39 is 23.7 Å². The number of benzene rings is 2. The molecule has 3 heterocycles. The number of hydrogen-bond donors (Lipinski definition) is 0. The summed E-state index contributed by atoms with van der Waals surface area (Å²) in [6.45, 7) is 0.696. The molecule has 0 aromatic heterocycles. The summed E-state index contributed by atoms with van der Waals surface area (Å²) in [6.07, 6.45) is 1.70. The van der Waals surface area contributed by atoms with Crippen LogP contribution in [0.1, 0.15) is 23.2 Å². The number of para-hydroxylation sites is 1. The van der Waals surface area contributed by atoms with Crippen LogP contribution in [0.3, 0.4) is 0 Å². The number of hydrogen-bond acceptors (Lipinski definition) is 4. The van der Waals surface area contributed by atoms with Gasteiger partial charge in [0.25, 0.3) is 0 Å². The molecule has 142 valence electrons. The molecule has 0 N–H and O–H groups in total. The van der Waals surface area contributed by atoms with Crippen molar-refractivity contribution in [1.29, 1.82) is 0 Å². The zero-order valence-electron chi connectivity index (χ0n) is 15.1. The van der Waals surface area contributed by atoms with E-state index in [1.54, 1.807) is 24.3 Å². The van der Waals surface area contributed by atoms with Gasteiger partial charge in [0.1, 0.15) is 5.82 Å². The van der Waals surface area contributed by atoms with Gasteiger partial charge in [-0.15, -0.1) is 0 Å². The topological polar surface area (TPSA) is 57.7 Å². The van der Waals surface area contributed by atoms with Crippen LogP contribution in [0.5, 0.6) is 0 Å². The summed E-state index contributed by atoms with van der Waals surface area (Å²) in [6, 6.07) is 13.5. The van der Waals surface area contributed by atoms with E-state index in [1.165, 1.54) is 29.2 Å². The molecule has 0 unspecified atom stereocenters. The molecule has 6 heteroatoms. The second kappa shape index (κ2) is 6.34. The molecule has 2 aromatic rings. The first-order valence-corrected chi connectivity index (χ1v) is 9.56. The van der Waals surface area contributed by atoms with Crippen LogP contribution in [-0.4, -0.2) is 41.1 Å². The summed E-state index contributed by atoms with van der Waals surface area (Å²) in [5.74, 6) is -2.33. The average Bonchev–Trinajstić information content (AvgIpc) is 3.35. The third-order valence-electron chi connectivity index (χ3n) is 6.26. The summed E-state index contributed by atoms with van der Waals surface area (Å²) in [4.78, 5) is 43.1. The van der Waals surface area contributed by atoms with Crippen molar-refractivity contribution in [3.8, 4) is 0 Å². The number of halogens is 1. The van der Waals surface area contributed by atoms with E-state index in [0.29, 0.717) is 17.8 Å². The molecule has 0 spiro atoms. The van der Waals surface area contributed by atoms with Gasteiger partial charge in [-0.05, 0) is 55.8 Å². The van der Waals surface area contributed by atoms with Gasteiger partial charge in [0.05, 0.1) is 23.6 Å². The first kappa shape index (κ1) is 17.3. The van der Waals surface area contributed by atoms with Crippen LogP contribution in [0.25, 0.3) is 0 Å². The van der Waals surface area contributed by atoms with Gasteiger partial charge in [0, 0.05) is 11.6 Å². The number of ketones is 1. The van der Waals surface area contributed by atoms with Crippen molar-refractivity contribution >= 4 is 23.3 Å². The van der Waals surface area contributed by atoms with Crippen molar-refractivity contribution in [3.05, 3.63) is 66.0 Å². The molecule has 4 atom stereocenters. The smallest absolute Gasteiger partial charge is 0.239 e. The molecular weight excluding hydrogens is 359 g/mol. The van der Waals surface area contributed by atoms with E-state index in [0.717, 1.165) is 12.8 Å². The zero-order valence-corrected chi connectivity index (χ0v) is 15.1. The van der Waals surface area contributed by atoms with E-state index >= 15 is 0 Å². The number of carbonyl (C=O) groups excluding carboxylic acids is 3. The van der Waals surface area contributed by atoms with Crippen LogP contribution in [0.2, 0.25) is 0 Å². The van der Waals surface area contributed by atoms with Gasteiger partial charge >= 0.3 is 0 Å². The fourth-order valence-electron chi connectivity index (χ4n) is 5.13. The first-order valence-electron chi connectivity index (χ1n) is 9.56. The Kier molecular flexibility index (Phi) is 3.91. The van der Waals surface area contributed by atoms with Gasteiger partial charge in [-0.2, -0.15) is 0 Å². The highest BCUT2D eigenvalue weighted by Crippen LogP contribution is 2.48. The summed E-state index contributed by atoms with van der Waals surface area (Å²) < 4.78 is 13.3. The molecule has 3 saturated heterocycles. The Morgan fingerprint density at radius 3 is 2.32 bits per heavy atom. The minimum absolute atomic E-state index is 0.0930. The highest BCUT2D eigenvalue weighted by Gasteiger charge is 2.64. The predicted octanol–water partition coefficient (Wildman–Crippen LogP) is 2.66. The van der Waals surface area contributed by atoms with E-state index in [9.17, 15) is 18.8 Å². The second-order valence-electron chi connectivity index (χ2n) is 7.66. The molecule has 0 saturated carbocycles. The lowest BCUT2D eigenvalue weighted by Gasteiger charge is -2.27. The second-order valence-corrected chi connectivity index (χ2v) is 7.66. The fraction of sp³-hybridized carbons (Fsp3) is 0.318.